The van der Waals surface area contributed by atoms with Crippen LogP contribution in [-0.4, -0.2) is 28.5 Å². The summed E-state index contributed by atoms with van der Waals surface area (Å²) in [7, 11) is 0. The minimum atomic E-state index is -0.320. The molecule has 1 N–H and O–H groups in total. The van der Waals surface area contributed by atoms with Crippen molar-refractivity contribution in [3.05, 3.63) is 41.8 Å². The first-order chi connectivity index (χ1) is 11.0. The van der Waals surface area contributed by atoms with Crippen molar-refractivity contribution < 1.29 is 13.9 Å². The highest BCUT2D eigenvalue weighted by Crippen LogP contribution is 2.19. The van der Waals surface area contributed by atoms with Crippen molar-refractivity contribution in [2.45, 2.75) is 33.2 Å². The summed E-state index contributed by atoms with van der Waals surface area (Å²) >= 11 is 0. The van der Waals surface area contributed by atoms with E-state index in [1.807, 2.05) is 13.8 Å². The van der Waals surface area contributed by atoms with E-state index < -0.39 is 0 Å². The highest BCUT2D eigenvalue weighted by molar-refractivity contribution is 5.77. The Morgan fingerprint density at radius 1 is 1.30 bits per heavy atom. The third-order valence-electron chi connectivity index (χ3n) is 3.30. The van der Waals surface area contributed by atoms with Gasteiger partial charge in [-0.1, -0.05) is 6.92 Å². The summed E-state index contributed by atoms with van der Waals surface area (Å²) in [5.41, 5.74) is 1.39. The highest BCUT2D eigenvalue weighted by Gasteiger charge is 2.09. The second-order valence-electron chi connectivity index (χ2n) is 5.34. The third-order valence-corrected chi connectivity index (χ3v) is 3.30. The standard InChI is InChI=1S/C17H20FN3O2/c1-4-11(2)19-15(22)10-23-16-9-12(3)20-17(21-16)13-5-7-14(18)8-6-13/h5-9,11H,4,10H2,1-3H3,(H,19,22)/t11-/m0/s1. The summed E-state index contributed by atoms with van der Waals surface area (Å²) in [5.74, 6) is 0.233. The molecule has 1 aromatic heterocycles. The number of rotatable bonds is 6. The average molecular weight is 317 g/mol. The second kappa shape index (κ2) is 7.67. The first-order valence-corrected chi connectivity index (χ1v) is 7.51. The van der Waals surface area contributed by atoms with Gasteiger partial charge in [0.05, 0.1) is 0 Å². The van der Waals surface area contributed by atoms with Crippen LogP contribution < -0.4 is 10.1 Å². The number of ether oxygens (including phenoxy) is 1. The van der Waals surface area contributed by atoms with Crippen LogP contribution in [0.15, 0.2) is 30.3 Å². The van der Waals surface area contributed by atoms with Crippen molar-refractivity contribution in [2.75, 3.05) is 6.61 Å². The number of benzene rings is 1. The first kappa shape index (κ1) is 16.9. The number of carbonyl (C=O) groups excluding carboxylic acids is 1. The highest BCUT2D eigenvalue weighted by atomic mass is 19.1. The van der Waals surface area contributed by atoms with E-state index in [1.54, 1.807) is 25.1 Å². The summed E-state index contributed by atoms with van der Waals surface area (Å²) in [6, 6.07) is 7.66. The molecule has 1 aromatic carbocycles. The number of amides is 1. The fraction of sp³-hybridized carbons (Fsp3) is 0.353. The van der Waals surface area contributed by atoms with E-state index in [1.165, 1.54) is 12.1 Å². The van der Waals surface area contributed by atoms with Gasteiger partial charge in [-0.15, -0.1) is 0 Å². The molecule has 0 unspecified atom stereocenters. The zero-order chi connectivity index (χ0) is 16.8. The first-order valence-electron chi connectivity index (χ1n) is 7.51. The Balaban J connectivity index is 2.08. The molecule has 1 heterocycles. The van der Waals surface area contributed by atoms with Crippen molar-refractivity contribution in [2.24, 2.45) is 0 Å². The molecule has 2 rings (SSSR count). The lowest BCUT2D eigenvalue weighted by Crippen LogP contribution is -2.35. The average Bonchev–Trinajstić information content (AvgIpc) is 2.53. The minimum absolute atomic E-state index is 0.105. The Bertz CT molecular complexity index is 674. The van der Waals surface area contributed by atoms with Crippen molar-refractivity contribution in [3.8, 4) is 17.3 Å². The smallest absolute Gasteiger partial charge is 0.258 e. The van der Waals surface area contributed by atoms with Crippen LogP contribution in [0.1, 0.15) is 26.0 Å². The quantitative estimate of drug-likeness (QED) is 0.890. The van der Waals surface area contributed by atoms with E-state index in [0.717, 1.165) is 6.42 Å². The van der Waals surface area contributed by atoms with Crippen LogP contribution in [-0.2, 0) is 4.79 Å². The number of hydrogen-bond donors (Lipinski definition) is 1. The molecule has 0 aliphatic rings. The van der Waals surface area contributed by atoms with E-state index in [2.05, 4.69) is 15.3 Å². The third kappa shape index (κ3) is 5.02. The van der Waals surface area contributed by atoms with Crippen LogP contribution in [0.2, 0.25) is 0 Å². The van der Waals surface area contributed by atoms with Gasteiger partial charge in [0.15, 0.2) is 12.4 Å². The Kier molecular flexibility index (Phi) is 5.62. The van der Waals surface area contributed by atoms with Crippen LogP contribution in [0, 0.1) is 12.7 Å². The molecule has 122 valence electrons. The zero-order valence-electron chi connectivity index (χ0n) is 13.5. The predicted molar refractivity (Wildman–Crippen MR) is 85.6 cm³/mol. The molecule has 5 nitrogen and oxygen atoms in total. The fourth-order valence-electron chi connectivity index (χ4n) is 1.90. The molecule has 0 radical (unpaired) electrons. The van der Waals surface area contributed by atoms with Crippen LogP contribution in [0.25, 0.3) is 11.4 Å². The van der Waals surface area contributed by atoms with Gasteiger partial charge in [-0.05, 0) is 44.5 Å². The molecule has 0 bridgehead atoms. The van der Waals surface area contributed by atoms with Crippen molar-refractivity contribution >= 4 is 5.91 Å². The van der Waals surface area contributed by atoms with Gasteiger partial charge >= 0.3 is 0 Å². The molecule has 0 saturated carbocycles. The molecule has 0 fully saturated rings. The van der Waals surface area contributed by atoms with Crippen LogP contribution in [0.3, 0.4) is 0 Å². The molecule has 1 amide bonds. The van der Waals surface area contributed by atoms with E-state index in [-0.39, 0.29) is 24.4 Å². The Morgan fingerprint density at radius 3 is 2.65 bits per heavy atom. The van der Waals surface area contributed by atoms with E-state index >= 15 is 0 Å². The number of aromatic nitrogens is 2. The van der Waals surface area contributed by atoms with Gasteiger partial charge in [0.2, 0.25) is 5.88 Å². The van der Waals surface area contributed by atoms with Gasteiger partial charge in [0.25, 0.3) is 5.91 Å². The summed E-state index contributed by atoms with van der Waals surface area (Å²) in [4.78, 5) is 20.3. The van der Waals surface area contributed by atoms with Crippen molar-refractivity contribution in [1.29, 1.82) is 0 Å². The van der Waals surface area contributed by atoms with E-state index in [4.69, 9.17) is 4.74 Å². The number of hydrogen-bond acceptors (Lipinski definition) is 4. The maximum atomic E-state index is 13.0. The Morgan fingerprint density at radius 2 is 2.00 bits per heavy atom. The van der Waals surface area contributed by atoms with Crippen molar-refractivity contribution in [1.82, 2.24) is 15.3 Å². The summed E-state index contributed by atoms with van der Waals surface area (Å²) < 4.78 is 18.4. The maximum Gasteiger partial charge on any atom is 0.258 e. The minimum Gasteiger partial charge on any atom is -0.467 e. The molecule has 2 aromatic rings. The molecular formula is C17H20FN3O2. The van der Waals surface area contributed by atoms with Gasteiger partial charge in [0.1, 0.15) is 5.82 Å². The Labute approximate surface area is 134 Å². The summed E-state index contributed by atoms with van der Waals surface area (Å²) in [5, 5.41) is 2.82. The molecule has 0 saturated heterocycles. The molecule has 0 aliphatic carbocycles. The lowest BCUT2D eigenvalue weighted by Gasteiger charge is -2.12. The SMILES string of the molecule is CC[C@H](C)NC(=O)COc1cc(C)nc(-c2ccc(F)cc2)n1. The van der Waals surface area contributed by atoms with Crippen LogP contribution in [0.5, 0.6) is 5.88 Å². The maximum absolute atomic E-state index is 13.0. The van der Waals surface area contributed by atoms with Gasteiger partial charge < -0.3 is 10.1 Å². The zero-order valence-corrected chi connectivity index (χ0v) is 13.5. The van der Waals surface area contributed by atoms with Gasteiger partial charge in [0, 0.05) is 23.4 Å². The lowest BCUT2D eigenvalue weighted by molar-refractivity contribution is -0.123. The molecular weight excluding hydrogens is 297 g/mol. The van der Waals surface area contributed by atoms with Crippen LogP contribution in [0.4, 0.5) is 4.39 Å². The molecule has 1 atom stereocenters. The normalized spacial score (nSPS) is 11.8. The topological polar surface area (TPSA) is 64.1 Å². The largest absolute Gasteiger partial charge is 0.467 e. The van der Waals surface area contributed by atoms with Gasteiger partial charge in [-0.2, -0.15) is 4.98 Å². The molecule has 6 heteroatoms. The number of nitrogens with zero attached hydrogens (tertiary/aromatic N) is 2. The molecule has 23 heavy (non-hydrogen) atoms. The number of nitrogens with one attached hydrogen (secondary N) is 1. The Hall–Kier alpha value is -2.50. The number of halogens is 1. The van der Waals surface area contributed by atoms with E-state index in [9.17, 15) is 9.18 Å². The number of aryl methyl sites for hydroxylation is 1. The van der Waals surface area contributed by atoms with Gasteiger partial charge in [-0.25, -0.2) is 9.37 Å². The number of carbonyl (C=O) groups is 1. The molecule has 0 aliphatic heterocycles. The summed E-state index contributed by atoms with van der Waals surface area (Å²) in [6.45, 7) is 5.62. The fourth-order valence-corrected chi connectivity index (χ4v) is 1.90. The second-order valence-corrected chi connectivity index (χ2v) is 5.34. The van der Waals surface area contributed by atoms with E-state index in [0.29, 0.717) is 23.0 Å². The monoisotopic (exact) mass is 317 g/mol. The van der Waals surface area contributed by atoms with Crippen LogP contribution >= 0.6 is 0 Å². The lowest BCUT2D eigenvalue weighted by atomic mass is 10.2. The molecule has 0 spiro atoms. The summed E-state index contributed by atoms with van der Waals surface area (Å²) in [6.07, 6.45) is 0.854. The van der Waals surface area contributed by atoms with Crippen molar-refractivity contribution in [3.63, 3.8) is 0 Å². The predicted octanol–water partition coefficient (Wildman–Crippen LogP) is 2.88. The van der Waals surface area contributed by atoms with Gasteiger partial charge in [-0.3, -0.25) is 4.79 Å².